The summed E-state index contributed by atoms with van der Waals surface area (Å²) in [7, 11) is 1.55. The van der Waals surface area contributed by atoms with Crippen molar-refractivity contribution in [1.82, 2.24) is 0 Å². The van der Waals surface area contributed by atoms with Gasteiger partial charge in [0.2, 0.25) is 5.60 Å². The Morgan fingerprint density at radius 1 is 1.20 bits per heavy atom. The van der Waals surface area contributed by atoms with Crippen molar-refractivity contribution < 1.29 is 18.7 Å². The molecule has 128 valence electrons. The molecule has 2 aromatic carbocycles. The Morgan fingerprint density at radius 3 is 2.40 bits per heavy atom. The van der Waals surface area contributed by atoms with Crippen LogP contribution in [0.15, 0.2) is 42.5 Å². The molecule has 5 heteroatoms. The number of benzene rings is 2. The number of halogens is 1. The first kappa shape index (κ1) is 17.0. The highest BCUT2D eigenvalue weighted by molar-refractivity contribution is 5.77. The van der Waals surface area contributed by atoms with Gasteiger partial charge in [0, 0.05) is 5.56 Å². The molecule has 1 aliphatic rings. The van der Waals surface area contributed by atoms with E-state index in [0.717, 1.165) is 0 Å². The standard InChI is InChI=1S/C20H18FNO3/c1-13-4-5-15(10-17(13)21)19(2)11-18(23)25-20(19,12-22)14-6-8-16(24-3)9-7-14/h4-10H,11H2,1-3H3. The number of hydrogen-bond acceptors (Lipinski definition) is 4. The van der Waals surface area contributed by atoms with Crippen molar-refractivity contribution in [2.24, 2.45) is 0 Å². The smallest absolute Gasteiger partial charge is 0.308 e. The molecule has 3 rings (SSSR count). The third-order valence-electron chi connectivity index (χ3n) is 5.00. The van der Waals surface area contributed by atoms with Gasteiger partial charge in [0.05, 0.1) is 18.9 Å². The zero-order valence-corrected chi connectivity index (χ0v) is 14.3. The lowest BCUT2D eigenvalue weighted by molar-refractivity contribution is -0.146. The first-order valence-corrected chi connectivity index (χ1v) is 7.90. The van der Waals surface area contributed by atoms with E-state index in [0.29, 0.717) is 22.4 Å². The molecule has 0 bridgehead atoms. The summed E-state index contributed by atoms with van der Waals surface area (Å²) in [5.41, 5.74) is -0.950. The maximum Gasteiger partial charge on any atom is 0.308 e. The lowest BCUT2D eigenvalue weighted by Gasteiger charge is -2.36. The van der Waals surface area contributed by atoms with Crippen LogP contribution in [0.2, 0.25) is 0 Å². The van der Waals surface area contributed by atoms with Gasteiger partial charge in [-0.1, -0.05) is 24.3 Å². The molecule has 0 amide bonds. The predicted molar refractivity (Wildman–Crippen MR) is 89.5 cm³/mol. The van der Waals surface area contributed by atoms with E-state index in [-0.39, 0.29) is 12.2 Å². The zero-order chi connectivity index (χ0) is 18.2. The van der Waals surface area contributed by atoms with E-state index in [2.05, 4.69) is 6.07 Å². The second-order valence-corrected chi connectivity index (χ2v) is 6.47. The molecule has 0 aliphatic carbocycles. The molecule has 2 atom stereocenters. The molecular formula is C20H18FNO3. The van der Waals surface area contributed by atoms with E-state index >= 15 is 0 Å². The molecule has 0 spiro atoms. The van der Waals surface area contributed by atoms with Crippen LogP contribution in [-0.4, -0.2) is 13.1 Å². The number of hydrogen-bond donors (Lipinski definition) is 0. The van der Waals surface area contributed by atoms with Crippen molar-refractivity contribution in [2.45, 2.75) is 31.3 Å². The SMILES string of the molecule is COc1ccc(C2(C#N)OC(=O)CC2(C)c2ccc(C)c(F)c2)cc1. The molecule has 1 saturated heterocycles. The minimum absolute atomic E-state index is 0.00487. The van der Waals surface area contributed by atoms with Gasteiger partial charge in [0.1, 0.15) is 17.6 Å². The fourth-order valence-corrected chi connectivity index (χ4v) is 3.39. The minimum atomic E-state index is -1.53. The van der Waals surface area contributed by atoms with Crippen molar-refractivity contribution in [3.63, 3.8) is 0 Å². The predicted octanol–water partition coefficient (Wildman–Crippen LogP) is 3.77. The van der Waals surface area contributed by atoms with Crippen molar-refractivity contribution in [3.05, 3.63) is 65.0 Å². The number of carbonyl (C=O) groups is 1. The van der Waals surface area contributed by atoms with Gasteiger partial charge in [0.25, 0.3) is 0 Å². The van der Waals surface area contributed by atoms with Crippen LogP contribution < -0.4 is 4.74 Å². The Balaban J connectivity index is 2.20. The summed E-state index contributed by atoms with van der Waals surface area (Å²) in [6.45, 7) is 3.42. The Morgan fingerprint density at radius 2 is 1.84 bits per heavy atom. The minimum Gasteiger partial charge on any atom is -0.497 e. The molecule has 0 radical (unpaired) electrons. The fraction of sp³-hybridized carbons (Fsp3) is 0.300. The summed E-state index contributed by atoms with van der Waals surface area (Å²) >= 11 is 0. The molecular weight excluding hydrogens is 321 g/mol. The van der Waals surface area contributed by atoms with Gasteiger partial charge in [-0.3, -0.25) is 4.79 Å². The summed E-state index contributed by atoms with van der Waals surface area (Å²) in [6.07, 6.45) is -0.00487. The third kappa shape index (κ3) is 2.45. The number of nitrogens with zero attached hydrogens (tertiary/aromatic N) is 1. The quantitative estimate of drug-likeness (QED) is 0.799. The number of nitriles is 1. The highest BCUT2D eigenvalue weighted by atomic mass is 19.1. The van der Waals surface area contributed by atoms with Crippen LogP contribution in [0.25, 0.3) is 0 Å². The first-order chi connectivity index (χ1) is 11.9. The summed E-state index contributed by atoms with van der Waals surface area (Å²) in [5.74, 6) is -0.232. The third-order valence-corrected chi connectivity index (χ3v) is 5.00. The van der Waals surface area contributed by atoms with Crippen molar-refractivity contribution >= 4 is 5.97 Å². The van der Waals surface area contributed by atoms with Gasteiger partial charge < -0.3 is 9.47 Å². The Kier molecular flexibility index (Phi) is 4.00. The molecule has 0 saturated carbocycles. The molecule has 0 N–H and O–H groups in total. The summed E-state index contributed by atoms with van der Waals surface area (Å²) < 4.78 is 24.8. The van der Waals surface area contributed by atoms with Gasteiger partial charge in [0.15, 0.2) is 0 Å². The molecule has 4 nitrogen and oxygen atoms in total. The number of methoxy groups -OCH3 is 1. The van der Waals surface area contributed by atoms with Crippen molar-refractivity contribution in [3.8, 4) is 11.8 Å². The maximum atomic E-state index is 14.1. The van der Waals surface area contributed by atoms with Crippen LogP contribution in [0.5, 0.6) is 5.75 Å². The van der Waals surface area contributed by atoms with E-state index in [1.807, 2.05) is 0 Å². The summed E-state index contributed by atoms with van der Waals surface area (Å²) in [4.78, 5) is 12.2. The van der Waals surface area contributed by atoms with Crippen molar-refractivity contribution in [1.29, 1.82) is 5.26 Å². The summed E-state index contributed by atoms with van der Waals surface area (Å²) in [6, 6.07) is 13.8. The van der Waals surface area contributed by atoms with E-state index in [4.69, 9.17) is 9.47 Å². The van der Waals surface area contributed by atoms with Gasteiger partial charge in [-0.15, -0.1) is 0 Å². The van der Waals surface area contributed by atoms with Crippen LogP contribution in [-0.2, 0) is 20.5 Å². The topological polar surface area (TPSA) is 59.3 Å². The van der Waals surface area contributed by atoms with Crippen LogP contribution in [0.1, 0.15) is 30.0 Å². The first-order valence-electron chi connectivity index (χ1n) is 7.90. The van der Waals surface area contributed by atoms with Gasteiger partial charge in [-0.05, 0) is 43.2 Å². The average Bonchev–Trinajstić information content (AvgIpc) is 2.89. The average molecular weight is 339 g/mol. The molecule has 1 heterocycles. The van der Waals surface area contributed by atoms with Crippen LogP contribution in [0.3, 0.4) is 0 Å². The van der Waals surface area contributed by atoms with Crippen LogP contribution >= 0.6 is 0 Å². The number of cyclic esters (lactones) is 1. The molecule has 1 aliphatic heterocycles. The normalized spacial score (nSPS) is 25.3. The van der Waals surface area contributed by atoms with Crippen LogP contribution in [0, 0.1) is 24.1 Å². The second kappa shape index (κ2) is 5.89. The number of ether oxygens (including phenoxy) is 2. The van der Waals surface area contributed by atoms with E-state index in [1.165, 1.54) is 6.07 Å². The monoisotopic (exact) mass is 339 g/mol. The second-order valence-electron chi connectivity index (χ2n) is 6.47. The Bertz CT molecular complexity index is 872. The van der Waals surface area contributed by atoms with Crippen LogP contribution in [0.4, 0.5) is 4.39 Å². The molecule has 0 aromatic heterocycles. The van der Waals surface area contributed by atoms with E-state index < -0.39 is 17.0 Å². The lowest BCUT2D eigenvalue weighted by atomic mass is 9.66. The Labute approximate surface area is 145 Å². The lowest BCUT2D eigenvalue weighted by Crippen LogP contribution is -2.43. The van der Waals surface area contributed by atoms with Crippen molar-refractivity contribution in [2.75, 3.05) is 7.11 Å². The number of aryl methyl sites for hydroxylation is 1. The van der Waals surface area contributed by atoms with E-state index in [9.17, 15) is 14.4 Å². The fourth-order valence-electron chi connectivity index (χ4n) is 3.39. The molecule has 1 fully saturated rings. The molecule has 2 aromatic rings. The van der Waals surface area contributed by atoms with Gasteiger partial charge in [-0.2, -0.15) is 5.26 Å². The highest BCUT2D eigenvalue weighted by Crippen LogP contribution is 2.52. The molecule has 2 unspecified atom stereocenters. The number of rotatable bonds is 3. The van der Waals surface area contributed by atoms with E-state index in [1.54, 1.807) is 57.4 Å². The maximum absolute atomic E-state index is 14.1. The number of esters is 1. The summed E-state index contributed by atoms with van der Waals surface area (Å²) in [5, 5.41) is 9.98. The Hall–Kier alpha value is -2.87. The van der Waals surface area contributed by atoms with Gasteiger partial charge >= 0.3 is 5.97 Å². The number of carbonyl (C=O) groups excluding carboxylic acids is 1. The molecule has 25 heavy (non-hydrogen) atoms. The largest absolute Gasteiger partial charge is 0.497 e. The van der Waals surface area contributed by atoms with Gasteiger partial charge in [-0.25, -0.2) is 4.39 Å². The highest BCUT2D eigenvalue weighted by Gasteiger charge is 2.60. The zero-order valence-electron chi connectivity index (χ0n) is 14.3.